The Hall–Kier alpha value is -2.50. The highest BCUT2D eigenvalue weighted by Gasteiger charge is 2.20. The van der Waals surface area contributed by atoms with Gasteiger partial charge in [0.2, 0.25) is 11.8 Å². The van der Waals surface area contributed by atoms with E-state index in [2.05, 4.69) is 31.1 Å². The van der Waals surface area contributed by atoms with E-state index in [4.69, 9.17) is 0 Å². The Balaban J connectivity index is 2.73. The Morgan fingerprint density at radius 1 is 1.19 bits per heavy atom. The van der Waals surface area contributed by atoms with Gasteiger partial charge in [-0.15, -0.1) is 6.58 Å². The minimum absolute atomic E-state index is 0.0232. The van der Waals surface area contributed by atoms with Crippen LogP contribution in [0.5, 0.6) is 0 Å². The number of hydrogen-bond acceptors (Lipinski definition) is 2. The number of carbonyl (C=O) groups excluding carboxylic acids is 2. The molecule has 1 aromatic rings. The maximum atomic E-state index is 13.4. The molecule has 0 heterocycles. The Morgan fingerprint density at radius 3 is 2.44 bits per heavy atom. The summed E-state index contributed by atoms with van der Waals surface area (Å²) in [6, 6.07) is 2.10. The van der Waals surface area contributed by atoms with Crippen LogP contribution in [0.3, 0.4) is 0 Å². The van der Waals surface area contributed by atoms with Crippen LogP contribution in [-0.4, -0.2) is 24.4 Å². The summed E-state index contributed by atoms with van der Waals surface area (Å²) < 4.78 is 26.8. The van der Waals surface area contributed by atoms with E-state index in [9.17, 15) is 18.4 Å². The lowest BCUT2D eigenvalue weighted by Gasteiger charge is -2.17. The summed E-state index contributed by atoms with van der Waals surface area (Å²) in [5.41, 5.74) is 0.285. The molecule has 0 saturated carbocycles. The van der Waals surface area contributed by atoms with Crippen LogP contribution in [0.15, 0.2) is 43.0 Å². The summed E-state index contributed by atoms with van der Waals surface area (Å²) in [6.45, 7) is 8.02. The first-order valence-corrected chi connectivity index (χ1v) is 9.12. The van der Waals surface area contributed by atoms with Crippen molar-refractivity contribution in [3.05, 3.63) is 60.2 Å². The van der Waals surface area contributed by atoms with E-state index in [-0.39, 0.29) is 18.5 Å². The fourth-order valence-electron chi connectivity index (χ4n) is 2.52. The average Bonchev–Trinajstić information content (AvgIpc) is 2.57. The second-order valence-electron chi connectivity index (χ2n) is 6.80. The molecule has 1 rings (SSSR count). The zero-order valence-electron chi connectivity index (χ0n) is 15.9. The summed E-state index contributed by atoms with van der Waals surface area (Å²) in [7, 11) is 0. The summed E-state index contributed by atoms with van der Waals surface area (Å²) in [6.07, 6.45) is 7.46. The monoisotopic (exact) mass is 378 g/mol. The van der Waals surface area contributed by atoms with E-state index in [1.807, 2.05) is 0 Å². The van der Waals surface area contributed by atoms with Crippen molar-refractivity contribution in [2.24, 2.45) is 5.92 Å². The standard InChI is InChI=1S/C21H28F2N2O2/c1-4-10-24-21(27)19(13-16-11-17(22)14-18(23)12-16)25-20(26)9-7-5-6-8-15(2)3/h4,7,9,11-12,14-15,19H,1,5-6,8,10,13H2,2-3H3,(H,24,27)(H,25,26)/b9-7+. The molecule has 0 aliphatic heterocycles. The van der Waals surface area contributed by atoms with Gasteiger partial charge in [0.25, 0.3) is 0 Å². The fraction of sp³-hybridized carbons (Fsp3) is 0.429. The number of allylic oxidation sites excluding steroid dienone is 1. The Kier molecular flexibility index (Phi) is 10.0. The SMILES string of the molecule is C=CCNC(=O)C(Cc1cc(F)cc(F)c1)NC(=O)/C=C/CCCC(C)C. The van der Waals surface area contributed by atoms with Crippen molar-refractivity contribution in [2.45, 2.75) is 45.6 Å². The number of halogens is 2. The predicted molar refractivity (Wildman–Crippen MR) is 103 cm³/mol. The van der Waals surface area contributed by atoms with Crippen LogP contribution in [0.25, 0.3) is 0 Å². The molecular formula is C21H28F2N2O2. The highest BCUT2D eigenvalue weighted by Crippen LogP contribution is 2.11. The molecule has 1 aromatic carbocycles. The van der Waals surface area contributed by atoms with Crippen LogP contribution in [0, 0.1) is 17.6 Å². The second-order valence-corrected chi connectivity index (χ2v) is 6.80. The number of amides is 2. The van der Waals surface area contributed by atoms with Gasteiger partial charge in [-0.2, -0.15) is 0 Å². The van der Waals surface area contributed by atoms with Crippen LogP contribution in [0.4, 0.5) is 8.78 Å². The molecule has 0 radical (unpaired) electrons. The molecule has 148 valence electrons. The van der Waals surface area contributed by atoms with Crippen molar-refractivity contribution in [3.63, 3.8) is 0 Å². The fourth-order valence-corrected chi connectivity index (χ4v) is 2.52. The summed E-state index contributed by atoms with van der Waals surface area (Å²) in [5, 5.41) is 5.19. The molecule has 0 fully saturated rings. The third-order valence-electron chi connectivity index (χ3n) is 3.84. The Labute approximate surface area is 159 Å². The number of benzene rings is 1. The molecule has 2 amide bonds. The molecule has 27 heavy (non-hydrogen) atoms. The van der Waals surface area contributed by atoms with Crippen LogP contribution in [0.2, 0.25) is 0 Å². The highest BCUT2D eigenvalue weighted by atomic mass is 19.1. The van der Waals surface area contributed by atoms with Crippen molar-refractivity contribution in [1.82, 2.24) is 10.6 Å². The lowest BCUT2D eigenvalue weighted by molar-refractivity contribution is -0.126. The van der Waals surface area contributed by atoms with Crippen LogP contribution in [-0.2, 0) is 16.0 Å². The quantitative estimate of drug-likeness (QED) is 0.351. The van der Waals surface area contributed by atoms with Gasteiger partial charge in [0.15, 0.2) is 0 Å². The van der Waals surface area contributed by atoms with Crippen molar-refractivity contribution >= 4 is 11.8 Å². The van der Waals surface area contributed by atoms with Gasteiger partial charge in [0, 0.05) is 19.0 Å². The Bertz CT molecular complexity index is 652. The summed E-state index contributed by atoms with van der Waals surface area (Å²) >= 11 is 0. The van der Waals surface area contributed by atoms with Gasteiger partial charge in [-0.1, -0.05) is 32.4 Å². The van der Waals surface area contributed by atoms with Gasteiger partial charge in [0.05, 0.1) is 0 Å². The van der Waals surface area contributed by atoms with E-state index in [0.717, 1.165) is 37.5 Å². The first kappa shape index (κ1) is 22.5. The number of hydrogen-bond donors (Lipinski definition) is 2. The predicted octanol–water partition coefficient (Wildman–Crippen LogP) is 3.68. The Morgan fingerprint density at radius 2 is 1.85 bits per heavy atom. The molecule has 0 bridgehead atoms. The van der Waals surface area contributed by atoms with Gasteiger partial charge >= 0.3 is 0 Å². The van der Waals surface area contributed by atoms with Gasteiger partial charge in [0.1, 0.15) is 17.7 Å². The second kappa shape index (κ2) is 12.0. The molecule has 4 nitrogen and oxygen atoms in total. The van der Waals surface area contributed by atoms with Gasteiger partial charge < -0.3 is 10.6 Å². The normalized spacial score (nSPS) is 12.2. The first-order valence-electron chi connectivity index (χ1n) is 9.12. The van der Waals surface area contributed by atoms with Crippen LogP contribution < -0.4 is 10.6 Å². The molecule has 0 spiro atoms. The lowest BCUT2D eigenvalue weighted by Crippen LogP contribution is -2.47. The van der Waals surface area contributed by atoms with Crippen molar-refractivity contribution in [2.75, 3.05) is 6.54 Å². The lowest BCUT2D eigenvalue weighted by atomic mass is 10.0. The molecule has 2 N–H and O–H groups in total. The third kappa shape index (κ3) is 9.68. The van der Waals surface area contributed by atoms with Crippen molar-refractivity contribution < 1.29 is 18.4 Å². The largest absolute Gasteiger partial charge is 0.351 e. The zero-order chi connectivity index (χ0) is 20.2. The van der Waals surface area contributed by atoms with E-state index in [0.29, 0.717) is 5.92 Å². The minimum Gasteiger partial charge on any atom is -0.351 e. The molecule has 1 atom stereocenters. The van der Waals surface area contributed by atoms with Crippen LogP contribution in [0.1, 0.15) is 38.7 Å². The van der Waals surface area contributed by atoms with Crippen LogP contribution >= 0.6 is 0 Å². The maximum absolute atomic E-state index is 13.4. The van der Waals surface area contributed by atoms with E-state index in [1.165, 1.54) is 12.2 Å². The van der Waals surface area contributed by atoms with Gasteiger partial charge in [-0.3, -0.25) is 9.59 Å². The number of carbonyl (C=O) groups is 2. The molecule has 0 aromatic heterocycles. The maximum Gasteiger partial charge on any atom is 0.244 e. The van der Waals surface area contributed by atoms with Crippen molar-refractivity contribution in [1.29, 1.82) is 0 Å². The van der Waals surface area contributed by atoms with Gasteiger partial charge in [-0.05, 0) is 42.5 Å². The summed E-state index contributed by atoms with van der Waals surface area (Å²) in [4.78, 5) is 24.4. The van der Waals surface area contributed by atoms with Crippen molar-refractivity contribution in [3.8, 4) is 0 Å². The molecule has 1 unspecified atom stereocenters. The number of rotatable bonds is 11. The molecule has 0 aliphatic carbocycles. The zero-order valence-corrected chi connectivity index (χ0v) is 15.9. The first-order chi connectivity index (χ1) is 12.8. The number of unbranched alkanes of at least 4 members (excludes halogenated alkanes) is 1. The topological polar surface area (TPSA) is 58.2 Å². The average molecular weight is 378 g/mol. The molecular weight excluding hydrogens is 350 g/mol. The minimum atomic E-state index is -0.945. The van der Waals surface area contributed by atoms with E-state index in [1.54, 1.807) is 6.08 Å². The highest BCUT2D eigenvalue weighted by molar-refractivity contribution is 5.93. The number of nitrogens with one attached hydrogen (secondary N) is 2. The van der Waals surface area contributed by atoms with E-state index >= 15 is 0 Å². The molecule has 6 heteroatoms. The molecule has 0 aliphatic rings. The summed E-state index contributed by atoms with van der Waals surface area (Å²) in [5.74, 6) is -1.72. The van der Waals surface area contributed by atoms with E-state index < -0.39 is 29.5 Å². The molecule has 0 saturated heterocycles. The van der Waals surface area contributed by atoms with Gasteiger partial charge in [-0.25, -0.2) is 8.78 Å². The third-order valence-corrected chi connectivity index (χ3v) is 3.84. The smallest absolute Gasteiger partial charge is 0.244 e.